The molecule has 0 bridgehead atoms. The number of nitrogens with zero attached hydrogens (tertiary/aromatic N) is 2. The van der Waals surface area contributed by atoms with Crippen LogP contribution in [0.5, 0.6) is 0 Å². The first-order chi connectivity index (χ1) is 9.69. The summed E-state index contributed by atoms with van der Waals surface area (Å²) in [6, 6.07) is 7.43. The number of hydrogen-bond donors (Lipinski definition) is 2. The van der Waals surface area contributed by atoms with Crippen molar-refractivity contribution in [2.75, 3.05) is 11.9 Å². The monoisotopic (exact) mass is 270 g/mol. The van der Waals surface area contributed by atoms with Gasteiger partial charge >= 0.3 is 0 Å². The average molecular weight is 270 g/mol. The summed E-state index contributed by atoms with van der Waals surface area (Å²) in [5.41, 5.74) is 2.48. The fraction of sp³-hybridized carbons (Fsp3) is 0.267. The van der Waals surface area contributed by atoms with Crippen LogP contribution in [-0.4, -0.2) is 22.4 Å². The van der Waals surface area contributed by atoms with E-state index in [2.05, 4.69) is 20.6 Å². The fourth-order valence-corrected chi connectivity index (χ4v) is 1.70. The van der Waals surface area contributed by atoms with E-state index in [0.29, 0.717) is 12.1 Å². The van der Waals surface area contributed by atoms with E-state index in [0.717, 1.165) is 23.6 Å². The minimum atomic E-state index is -0.138. The summed E-state index contributed by atoms with van der Waals surface area (Å²) in [4.78, 5) is 20.3. The van der Waals surface area contributed by atoms with Gasteiger partial charge in [-0.15, -0.1) is 0 Å². The van der Waals surface area contributed by atoms with Crippen LogP contribution in [0.25, 0.3) is 0 Å². The molecule has 0 saturated heterocycles. The van der Waals surface area contributed by atoms with Crippen LogP contribution in [-0.2, 0) is 6.54 Å². The molecule has 0 saturated carbocycles. The molecular weight excluding hydrogens is 252 g/mol. The molecule has 20 heavy (non-hydrogen) atoms. The van der Waals surface area contributed by atoms with E-state index in [-0.39, 0.29) is 5.91 Å². The smallest absolute Gasteiger partial charge is 0.253 e. The Balaban J connectivity index is 1.92. The summed E-state index contributed by atoms with van der Waals surface area (Å²) in [7, 11) is 0. The van der Waals surface area contributed by atoms with Gasteiger partial charge in [-0.1, -0.05) is 6.07 Å². The number of aryl methyl sites for hydroxylation is 1. The van der Waals surface area contributed by atoms with Crippen molar-refractivity contribution >= 4 is 11.7 Å². The SMILES string of the molecule is CCNc1ccc(C(=O)NCc2ccc(C)nc2)cn1. The van der Waals surface area contributed by atoms with E-state index in [9.17, 15) is 4.79 Å². The van der Waals surface area contributed by atoms with E-state index >= 15 is 0 Å². The van der Waals surface area contributed by atoms with E-state index in [1.54, 1.807) is 24.5 Å². The van der Waals surface area contributed by atoms with Gasteiger partial charge in [0.15, 0.2) is 0 Å². The van der Waals surface area contributed by atoms with Crippen LogP contribution in [0.2, 0.25) is 0 Å². The molecular formula is C15H18N4O. The predicted octanol–water partition coefficient (Wildman–Crippen LogP) is 2.15. The Kier molecular flexibility index (Phi) is 4.65. The highest BCUT2D eigenvalue weighted by atomic mass is 16.1. The summed E-state index contributed by atoms with van der Waals surface area (Å²) in [6.07, 6.45) is 3.34. The van der Waals surface area contributed by atoms with E-state index in [1.165, 1.54) is 0 Å². The van der Waals surface area contributed by atoms with Gasteiger partial charge in [0, 0.05) is 31.2 Å². The molecule has 0 fully saturated rings. The first-order valence-electron chi connectivity index (χ1n) is 6.58. The number of hydrogen-bond acceptors (Lipinski definition) is 4. The highest BCUT2D eigenvalue weighted by Gasteiger charge is 2.05. The van der Waals surface area contributed by atoms with Crippen LogP contribution >= 0.6 is 0 Å². The van der Waals surface area contributed by atoms with Gasteiger partial charge in [0.25, 0.3) is 5.91 Å². The minimum absolute atomic E-state index is 0.138. The third-order valence-electron chi connectivity index (χ3n) is 2.81. The lowest BCUT2D eigenvalue weighted by atomic mass is 10.2. The number of carbonyl (C=O) groups is 1. The van der Waals surface area contributed by atoms with Crippen molar-refractivity contribution in [2.24, 2.45) is 0 Å². The Morgan fingerprint density at radius 3 is 2.60 bits per heavy atom. The largest absolute Gasteiger partial charge is 0.370 e. The Morgan fingerprint density at radius 2 is 2.00 bits per heavy atom. The second-order valence-corrected chi connectivity index (χ2v) is 4.45. The molecule has 2 aromatic heterocycles. The molecule has 5 nitrogen and oxygen atoms in total. The molecule has 104 valence electrons. The standard InChI is InChI=1S/C15H18N4O/c1-3-16-14-7-6-13(10-18-14)15(20)19-9-12-5-4-11(2)17-8-12/h4-8,10H,3,9H2,1-2H3,(H,16,18)(H,19,20). The maximum atomic E-state index is 12.0. The van der Waals surface area contributed by atoms with Crippen LogP contribution < -0.4 is 10.6 Å². The number of amides is 1. The zero-order chi connectivity index (χ0) is 14.4. The van der Waals surface area contributed by atoms with Crippen LogP contribution in [0, 0.1) is 6.92 Å². The Hall–Kier alpha value is -2.43. The Bertz CT molecular complexity index is 563. The third kappa shape index (κ3) is 3.78. The van der Waals surface area contributed by atoms with Crippen LogP contribution in [0.4, 0.5) is 5.82 Å². The lowest BCUT2D eigenvalue weighted by molar-refractivity contribution is 0.0950. The van der Waals surface area contributed by atoms with Crippen molar-refractivity contribution in [3.8, 4) is 0 Å². The summed E-state index contributed by atoms with van der Waals surface area (Å²) in [5.74, 6) is 0.632. The molecule has 0 aliphatic rings. The van der Waals surface area contributed by atoms with Gasteiger partial charge in [-0.2, -0.15) is 0 Å². The van der Waals surface area contributed by atoms with E-state index in [1.807, 2.05) is 26.0 Å². The molecule has 2 rings (SSSR count). The molecule has 5 heteroatoms. The molecule has 2 N–H and O–H groups in total. The summed E-state index contributed by atoms with van der Waals surface area (Å²) in [6.45, 7) is 5.19. The van der Waals surface area contributed by atoms with Crippen LogP contribution in [0.15, 0.2) is 36.7 Å². The number of rotatable bonds is 5. The van der Waals surface area contributed by atoms with Gasteiger partial charge in [-0.05, 0) is 37.6 Å². The molecule has 0 atom stereocenters. The van der Waals surface area contributed by atoms with Crippen molar-refractivity contribution in [1.29, 1.82) is 0 Å². The van der Waals surface area contributed by atoms with Crippen LogP contribution in [0.3, 0.4) is 0 Å². The second kappa shape index (κ2) is 6.65. The van der Waals surface area contributed by atoms with Crippen molar-refractivity contribution < 1.29 is 4.79 Å². The number of anilines is 1. The lowest BCUT2D eigenvalue weighted by Gasteiger charge is -2.06. The van der Waals surface area contributed by atoms with Crippen LogP contribution in [0.1, 0.15) is 28.5 Å². The van der Waals surface area contributed by atoms with Crippen molar-refractivity contribution in [2.45, 2.75) is 20.4 Å². The van der Waals surface area contributed by atoms with Gasteiger partial charge in [-0.25, -0.2) is 4.98 Å². The summed E-state index contributed by atoms with van der Waals surface area (Å²) < 4.78 is 0. The first-order valence-corrected chi connectivity index (χ1v) is 6.58. The third-order valence-corrected chi connectivity index (χ3v) is 2.81. The Labute approximate surface area is 118 Å². The highest BCUT2D eigenvalue weighted by molar-refractivity contribution is 5.93. The van der Waals surface area contributed by atoms with Gasteiger partial charge in [0.05, 0.1) is 5.56 Å². The lowest BCUT2D eigenvalue weighted by Crippen LogP contribution is -2.23. The van der Waals surface area contributed by atoms with E-state index < -0.39 is 0 Å². The molecule has 1 amide bonds. The summed E-state index contributed by atoms with van der Waals surface area (Å²) in [5, 5.41) is 5.93. The second-order valence-electron chi connectivity index (χ2n) is 4.45. The van der Waals surface area contributed by atoms with Gasteiger partial charge in [0.2, 0.25) is 0 Å². The highest BCUT2D eigenvalue weighted by Crippen LogP contribution is 2.05. The number of nitrogens with one attached hydrogen (secondary N) is 2. The first kappa shape index (κ1) is 14.0. The molecule has 0 radical (unpaired) electrons. The van der Waals surface area contributed by atoms with Crippen molar-refractivity contribution in [3.05, 3.63) is 53.5 Å². The normalized spacial score (nSPS) is 10.1. The predicted molar refractivity (Wildman–Crippen MR) is 78.5 cm³/mol. The fourth-order valence-electron chi connectivity index (χ4n) is 1.70. The maximum Gasteiger partial charge on any atom is 0.253 e. The molecule has 0 aliphatic heterocycles. The van der Waals surface area contributed by atoms with Gasteiger partial charge in [-0.3, -0.25) is 9.78 Å². The van der Waals surface area contributed by atoms with Gasteiger partial charge < -0.3 is 10.6 Å². The molecule has 2 aromatic rings. The topological polar surface area (TPSA) is 66.9 Å². The zero-order valence-electron chi connectivity index (χ0n) is 11.7. The van der Waals surface area contributed by atoms with Crippen molar-refractivity contribution in [3.63, 3.8) is 0 Å². The quantitative estimate of drug-likeness (QED) is 0.873. The number of carbonyl (C=O) groups excluding carboxylic acids is 1. The molecule has 0 spiro atoms. The maximum absolute atomic E-state index is 12.0. The molecule has 2 heterocycles. The average Bonchev–Trinajstić information content (AvgIpc) is 2.47. The Morgan fingerprint density at radius 1 is 1.15 bits per heavy atom. The molecule has 0 aromatic carbocycles. The number of pyridine rings is 2. The van der Waals surface area contributed by atoms with E-state index in [4.69, 9.17) is 0 Å². The van der Waals surface area contributed by atoms with Gasteiger partial charge in [0.1, 0.15) is 5.82 Å². The molecule has 0 aliphatic carbocycles. The summed E-state index contributed by atoms with van der Waals surface area (Å²) >= 11 is 0. The minimum Gasteiger partial charge on any atom is -0.370 e. The molecule has 0 unspecified atom stereocenters. The number of aromatic nitrogens is 2. The van der Waals surface area contributed by atoms with Crippen molar-refractivity contribution in [1.82, 2.24) is 15.3 Å². The zero-order valence-corrected chi connectivity index (χ0v) is 11.7.